The van der Waals surface area contributed by atoms with E-state index in [1.54, 1.807) is 0 Å². The van der Waals surface area contributed by atoms with E-state index in [0.717, 1.165) is 35.2 Å². The molecule has 3 heterocycles. The van der Waals surface area contributed by atoms with Crippen molar-refractivity contribution >= 4 is 23.1 Å². The van der Waals surface area contributed by atoms with E-state index in [-0.39, 0.29) is 5.71 Å². The zero-order valence-corrected chi connectivity index (χ0v) is 20.0. The maximum absolute atomic E-state index is 11.8. The number of rotatable bonds is 4. The van der Waals surface area contributed by atoms with Crippen molar-refractivity contribution in [2.75, 3.05) is 11.4 Å². The van der Waals surface area contributed by atoms with Crippen molar-refractivity contribution in [3.63, 3.8) is 0 Å². The van der Waals surface area contributed by atoms with Gasteiger partial charge in [-0.1, -0.05) is 31.9 Å². The molecule has 0 unspecified atom stereocenters. The van der Waals surface area contributed by atoms with Crippen molar-refractivity contribution in [2.24, 2.45) is 22.7 Å². The molecule has 2 saturated carbocycles. The molecule has 5 heteroatoms. The Labute approximate surface area is 198 Å². The van der Waals surface area contributed by atoms with Crippen LogP contribution >= 0.6 is 0 Å². The van der Waals surface area contributed by atoms with E-state index in [1.165, 1.54) is 70.6 Å². The van der Waals surface area contributed by atoms with Crippen molar-refractivity contribution < 1.29 is 9.90 Å². The van der Waals surface area contributed by atoms with Crippen LogP contribution in [0.2, 0.25) is 0 Å². The highest BCUT2D eigenvalue weighted by molar-refractivity contribution is 6.38. The molecule has 6 rings (SSSR count). The van der Waals surface area contributed by atoms with Gasteiger partial charge in [-0.2, -0.15) is 0 Å². The van der Waals surface area contributed by atoms with Gasteiger partial charge in [-0.25, -0.2) is 9.79 Å². The first-order valence-electron chi connectivity index (χ1n) is 13.5. The lowest BCUT2D eigenvalue weighted by atomic mass is 9.64. The molecule has 4 bridgehead atoms. The molecule has 2 aliphatic carbocycles. The third-order valence-electron chi connectivity index (χ3n) is 9.67. The van der Waals surface area contributed by atoms with Crippen LogP contribution in [0.3, 0.4) is 0 Å². The molecule has 4 fully saturated rings. The summed E-state index contributed by atoms with van der Waals surface area (Å²) in [5.74, 6) is 2.00. The Morgan fingerprint density at radius 2 is 1.64 bits per heavy atom. The number of carboxylic acids is 1. The quantitative estimate of drug-likeness (QED) is 0.645. The van der Waals surface area contributed by atoms with Crippen molar-refractivity contribution in [1.29, 1.82) is 0 Å². The molecule has 1 aromatic carbocycles. The molecule has 0 radical (unpaired) electrons. The summed E-state index contributed by atoms with van der Waals surface area (Å²) < 4.78 is 0. The third kappa shape index (κ3) is 4.00. The number of carbonyl (C=O) groups is 1. The Morgan fingerprint density at radius 1 is 0.939 bits per heavy atom. The maximum Gasteiger partial charge on any atom is 0.352 e. The zero-order valence-electron chi connectivity index (χ0n) is 20.0. The SMILES string of the molecule is CC[C@@H]1C[C@@H]2C[C@H](C1)C[C@@H](N1[C@@H]3CCC[C@H]1C[C@@H](N1CC(C(=O)O)=Nc4ccccc41)C3)C2. The smallest absolute Gasteiger partial charge is 0.352 e. The first kappa shape index (κ1) is 21.6. The van der Waals surface area contributed by atoms with Crippen molar-refractivity contribution in [1.82, 2.24) is 4.90 Å². The molecule has 0 aromatic heterocycles. The molecule has 1 N–H and O–H groups in total. The van der Waals surface area contributed by atoms with Crippen molar-refractivity contribution in [3.05, 3.63) is 24.3 Å². The molecule has 178 valence electrons. The Balaban J connectivity index is 1.22. The van der Waals surface area contributed by atoms with Gasteiger partial charge in [0, 0.05) is 24.2 Å². The van der Waals surface area contributed by atoms with Crippen molar-refractivity contribution in [2.45, 2.75) is 102 Å². The molecule has 5 aliphatic rings. The molecule has 5 nitrogen and oxygen atoms in total. The maximum atomic E-state index is 11.8. The summed E-state index contributed by atoms with van der Waals surface area (Å²) in [6, 6.07) is 10.6. The van der Waals surface area contributed by atoms with E-state index in [4.69, 9.17) is 0 Å². The average molecular weight is 450 g/mol. The van der Waals surface area contributed by atoms with Gasteiger partial charge in [0.15, 0.2) is 0 Å². The molecule has 0 amide bonds. The number of aliphatic carboxylic acids is 1. The highest BCUT2D eigenvalue weighted by Gasteiger charge is 2.47. The van der Waals surface area contributed by atoms with Gasteiger partial charge in [0.05, 0.1) is 17.9 Å². The highest BCUT2D eigenvalue weighted by Crippen LogP contribution is 2.49. The van der Waals surface area contributed by atoms with Crippen LogP contribution in [0.4, 0.5) is 11.4 Å². The molecule has 3 aliphatic heterocycles. The number of hydrogen-bond donors (Lipinski definition) is 1. The summed E-state index contributed by atoms with van der Waals surface area (Å²) in [6.07, 6.45) is 15.0. The lowest BCUT2D eigenvalue weighted by Gasteiger charge is -2.57. The van der Waals surface area contributed by atoms with E-state index in [1.807, 2.05) is 12.1 Å². The molecular weight excluding hydrogens is 410 g/mol. The van der Waals surface area contributed by atoms with Crippen LogP contribution in [0.5, 0.6) is 0 Å². The minimum atomic E-state index is -0.883. The Kier molecular flexibility index (Phi) is 5.72. The van der Waals surface area contributed by atoms with E-state index in [2.05, 4.69) is 33.8 Å². The van der Waals surface area contributed by atoms with Gasteiger partial charge in [0.1, 0.15) is 5.71 Å². The second kappa shape index (κ2) is 8.72. The van der Waals surface area contributed by atoms with Gasteiger partial charge < -0.3 is 10.0 Å². The summed E-state index contributed by atoms with van der Waals surface area (Å²) in [5, 5.41) is 9.70. The summed E-state index contributed by atoms with van der Waals surface area (Å²) in [7, 11) is 0. The zero-order chi connectivity index (χ0) is 22.5. The highest BCUT2D eigenvalue weighted by atomic mass is 16.4. The monoisotopic (exact) mass is 449 g/mol. The molecular formula is C28H39N3O2. The fourth-order valence-corrected chi connectivity index (χ4v) is 8.44. The molecule has 0 spiro atoms. The molecule has 1 aromatic rings. The van der Waals surface area contributed by atoms with Gasteiger partial charge in [-0.3, -0.25) is 4.90 Å². The normalized spacial score (nSPS) is 38.4. The fraction of sp³-hybridized carbons (Fsp3) is 0.714. The predicted molar refractivity (Wildman–Crippen MR) is 132 cm³/mol. The number of para-hydroxylation sites is 2. The van der Waals surface area contributed by atoms with Gasteiger partial charge in [-0.15, -0.1) is 0 Å². The summed E-state index contributed by atoms with van der Waals surface area (Å²) in [6.45, 7) is 2.82. The number of aliphatic imine (C=N–C) groups is 1. The first-order chi connectivity index (χ1) is 16.1. The number of fused-ring (bicyclic) bond motifs is 5. The van der Waals surface area contributed by atoms with E-state index in [0.29, 0.717) is 24.7 Å². The minimum absolute atomic E-state index is 0.284. The van der Waals surface area contributed by atoms with Crippen LogP contribution in [-0.2, 0) is 4.79 Å². The van der Waals surface area contributed by atoms with Gasteiger partial charge in [-0.05, 0) is 87.7 Å². The standard InChI is InChI=1S/C28H39N3O2/c1-2-18-10-19-12-20(11-18)14-24(13-19)31-21-6-5-7-22(31)16-23(15-21)30-17-26(28(32)33)29-25-8-3-4-9-27(25)30/h3-4,8-9,18-24H,2,5-7,10-17H2,1H3,(H,32,33)/t18-,19-,20+,21-,22+,23+,24+. The third-order valence-corrected chi connectivity index (χ3v) is 9.67. The van der Waals surface area contributed by atoms with E-state index in [9.17, 15) is 9.90 Å². The number of benzene rings is 1. The van der Waals surface area contributed by atoms with Crippen molar-refractivity contribution in [3.8, 4) is 0 Å². The second-order valence-corrected chi connectivity index (χ2v) is 11.6. The first-order valence-corrected chi connectivity index (χ1v) is 13.5. The van der Waals surface area contributed by atoms with Crippen LogP contribution in [0.25, 0.3) is 0 Å². The lowest BCUT2D eigenvalue weighted by Crippen LogP contribution is -2.62. The van der Waals surface area contributed by atoms with Crippen LogP contribution in [0.15, 0.2) is 29.3 Å². The summed E-state index contributed by atoms with van der Waals surface area (Å²) >= 11 is 0. The average Bonchev–Trinajstić information content (AvgIpc) is 2.81. The topological polar surface area (TPSA) is 56.1 Å². The summed E-state index contributed by atoms with van der Waals surface area (Å²) in [5.41, 5.74) is 2.23. The number of carboxylic acid groups (broad SMARTS) is 1. The number of hydrogen-bond acceptors (Lipinski definition) is 4. The van der Waals surface area contributed by atoms with E-state index < -0.39 is 5.97 Å². The minimum Gasteiger partial charge on any atom is -0.477 e. The predicted octanol–water partition coefficient (Wildman–Crippen LogP) is 5.65. The van der Waals surface area contributed by atoms with Gasteiger partial charge in [0.2, 0.25) is 0 Å². The fourth-order valence-electron chi connectivity index (χ4n) is 8.44. The van der Waals surface area contributed by atoms with E-state index >= 15 is 0 Å². The van der Waals surface area contributed by atoms with Gasteiger partial charge in [0.25, 0.3) is 0 Å². The van der Waals surface area contributed by atoms with Crippen LogP contribution in [-0.4, -0.2) is 52.4 Å². The van der Waals surface area contributed by atoms with Crippen LogP contribution < -0.4 is 4.90 Å². The Morgan fingerprint density at radius 3 is 2.30 bits per heavy atom. The summed E-state index contributed by atoms with van der Waals surface area (Å²) in [4.78, 5) is 21.7. The molecule has 2 saturated heterocycles. The largest absolute Gasteiger partial charge is 0.477 e. The Bertz CT molecular complexity index is 901. The number of piperidine rings is 2. The van der Waals surface area contributed by atoms with Crippen LogP contribution in [0.1, 0.15) is 77.6 Å². The lowest BCUT2D eigenvalue weighted by molar-refractivity contribution is -0.129. The van der Waals surface area contributed by atoms with Crippen LogP contribution in [0, 0.1) is 17.8 Å². The molecule has 33 heavy (non-hydrogen) atoms. The Hall–Kier alpha value is -1.88. The number of nitrogens with zero attached hydrogens (tertiary/aromatic N) is 3. The number of anilines is 1. The van der Waals surface area contributed by atoms with Gasteiger partial charge >= 0.3 is 5.97 Å². The molecule has 7 atom stereocenters. The second-order valence-electron chi connectivity index (χ2n) is 11.6.